The van der Waals surface area contributed by atoms with Gasteiger partial charge in [-0.15, -0.1) is 0 Å². The lowest BCUT2D eigenvalue weighted by atomic mass is 10.0. The maximum atomic E-state index is 11.5. The van der Waals surface area contributed by atoms with Crippen LogP contribution in [0.3, 0.4) is 0 Å². The molecule has 6 heteroatoms. The Morgan fingerprint density at radius 3 is 2.67 bits per heavy atom. The number of ether oxygens (including phenoxy) is 1. The number of rotatable bonds is 3. The molecule has 0 heterocycles. The molecule has 0 aromatic carbocycles. The van der Waals surface area contributed by atoms with Gasteiger partial charge in [-0.3, -0.25) is 0 Å². The monoisotopic (exact) mass is 236 g/mol. The van der Waals surface area contributed by atoms with Crippen LogP contribution in [0.5, 0.6) is 0 Å². The molecule has 88 valence electrons. The molecular formula is C9H16O5S. The van der Waals surface area contributed by atoms with E-state index in [1.165, 1.54) is 0 Å². The zero-order chi connectivity index (χ0) is 11.7. The smallest absolute Gasteiger partial charge is 0.339 e. The second kappa shape index (κ2) is 4.09. The highest BCUT2D eigenvalue weighted by Gasteiger charge is 2.53. The molecular weight excluding hydrogens is 220 g/mol. The van der Waals surface area contributed by atoms with Gasteiger partial charge in [-0.1, -0.05) is 0 Å². The van der Waals surface area contributed by atoms with Crippen molar-refractivity contribution in [2.75, 3.05) is 12.9 Å². The lowest BCUT2D eigenvalue weighted by Gasteiger charge is -2.26. The van der Waals surface area contributed by atoms with Crippen LogP contribution in [-0.2, 0) is 19.4 Å². The van der Waals surface area contributed by atoms with E-state index >= 15 is 0 Å². The highest BCUT2D eigenvalue weighted by molar-refractivity contribution is 7.91. The van der Waals surface area contributed by atoms with Gasteiger partial charge in [0.1, 0.15) is 5.25 Å². The topological polar surface area (TPSA) is 80.7 Å². The maximum Gasteiger partial charge on any atom is 0.339 e. The van der Waals surface area contributed by atoms with E-state index in [2.05, 4.69) is 0 Å². The van der Waals surface area contributed by atoms with Crippen LogP contribution >= 0.6 is 0 Å². The average Bonchev–Trinajstić information content (AvgIpc) is 2.48. The van der Waals surface area contributed by atoms with Gasteiger partial charge in [-0.05, 0) is 26.2 Å². The minimum absolute atomic E-state index is 0.137. The number of hydrogen-bond acceptors (Lipinski definition) is 5. The van der Waals surface area contributed by atoms with Crippen molar-refractivity contribution in [1.82, 2.24) is 0 Å². The number of carbonyl (C=O) groups is 1. The van der Waals surface area contributed by atoms with Crippen LogP contribution in [0, 0.1) is 0 Å². The summed E-state index contributed by atoms with van der Waals surface area (Å²) in [5.74, 6) is -0.821. The molecule has 0 saturated heterocycles. The van der Waals surface area contributed by atoms with Crippen molar-refractivity contribution in [2.24, 2.45) is 0 Å². The second-order valence-electron chi connectivity index (χ2n) is 3.86. The molecule has 1 rings (SSSR count). The van der Waals surface area contributed by atoms with Gasteiger partial charge in [-0.25, -0.2) is 13.2 Å². The fourth-order valence-corrected chi connectivity index (χ4v) is 3.53. The van der Waals surface area contributed by atoms with Crippen LogP contribution < -0.4 is 0 Å². The molecule has 1 aliphatic carbocycles. The molecule has 1 aliphatic rings. The van der Waals surface area contributed by atoms with Gasteiger partial charge < -0.3 is 9.84 Å². The number of hydrogen-bond donors (Lipinski definition) is 1. The molecule has 15 heavy (non-hydrogen) atoms. The number of aliphatic hydroxyl groups is 1. The third kappa shape index (κ3) is 2.31. The maximum absolute atomic E-state index is 11.5. The van der Waals surface area contributed by atoms with Crippen molar-refractivity contribution in [1.29, 1.82) is 0 Å². The second-order valence-corrected chi connectivity index (χ2v) is 6.08. The van der Waals surface area contributed by atoms with Crippen LogP contribution in [-0.4, -0.2) is 43.2 Å². The molecule has 0 aromatic heterocycles. The zero-order valence-electron chi connectivity index (χ0n) is 8.89. The fraction of sp³-hybridized carbons (Fsp3) is 0.889. The molecule has 0 aliphatic heterocycles. The van der Waals surface area contributed by atoms with E-state index in [4.69, 9.17) is 4.74 Å². The third-order valence-corrected chi connectivity index (χ3v) is 4.36. The normalized spacial score (nSPS) is 31.5. The van der Waals surface area contributed by atoms with Crippen molar-refractivity contribution in [2.45, 2.75) is 37.0 Å². The predicted octanol–water partition coefficient (Wildman–Crippen LogP) is -0.122. The lowest BCUT2D eigenvalue weighted by molar-refractivity contribution is -0.163. The van der Waals surface area contributed by atoms with Crippen molar-refractivity contribution in [3.8, 4) is 0 Å². The minimum atomic E-state index is -3.42. The van der Waals surface area contributed by atoms with Crippen LogP contribution in [0.25, 0.3) is 0 Å². The van der Waals surface area contributed by atoms with Gasteiger partial charge in [0.25, 0.3) is 0 Å². The van der Waals surface area contributed by atoms with E-state index < -0.39 is 26.7 Å². The van der Waals surface area contributed by atoms with E-state index in [1.807, 2.05) is 0 Å². The highest BCUT2D eigenvalue weighted by atomic mass is 32.2. The SMILES string of the molecule is CCOC(=O)C1(O)CCCC1S(C)(=O)=O. The van der Waals surface area contributed by atoms with Gasteiger partial charge in [0, 0.05) is 6.26 Å². The third-order valence-electron chi connectivity index (χ3n) is 2.70. The van der Waals surface area contributed by atoms with E-state index in [-0.39, 0.29) is 13.0 Å². The van der Waals surface area contributed by atoms with Gasteiger partial charge in [0.05, 0.1) is 6.61 Å². The summed E-state index contributed by atoms with van der Waals surface area (Å²) in [4.78, 5) is 11.5. The summed E-state index contributed by atoms with van der Waals surface area (Å²) in [7, 11) is -3.42. The average molecular weight is 236 g/mol. The van der Waals surface area contributed by atoms with Crippen LogP contribution in [0.2, 0.25) is 0 Å². The summed E-state index contributed by atoms with van der Waals surface area (Å²) in [6, 6.07) is 0. The molecule has 0 aromatic rings. The van der Waals surface area contributed by atoms with Gasteiger partial charge >= 0.3 is 5.97 Å². The Balaban J connectivity index is 2.96. The molecule has 1 fully saturated rings. The first kappa shape index (κ1) is 12.4. The van der Waals surface area contributed by atoms with E-state index in [0.29, 0.717) is 12.8 Å². The standard InChI is InChI=1S/C9H16O5S/c1-3-14-8(10)9(11)6-4-5-7(9)15(2,12)13/h7,11H,3-6H2,1-2H3. The Morgan fingerprint density at radius 2 is 2.20 bits per heavy atom. The van der Waals surface area contributed by atoms with Crippen molar-refractivity contribution in [3.05, 3.63) is 0 Å². The molecule has 0 spiro atoms. The van der Waals surface area contributed by atoms with Crippen LogP contribution in [0.4, 0.5) is 0 Å². The van der Waals surface area contributed by atoms with Crippen LogP contribution in [0.1, 0.15) is 26.2 Å². The summed E-state index contributed by atoms with van der Waals surface area (Å²) in [5.41, 5.74) is -1.84. The first-order chi connectivity index (χ1) is 6.82. The van der Waals surface area contributed by atoms with Crippen LogP contribution in [0.15, 0.2) is 0 Å². The summed E-state index contributed by atoms with van der Waals surface area (Å²) in [6.07, 6.45) is 2.03. The molecule has 1 saturated carbocycles. The van der Waals surface area contributed by atoms with Gasteiger partial charge in [0.15, 0.2) is 15.4 Å². The number of sulfone groups is 1. The summed E-state index contributed by atoms with van der Waals surface area (Å²) in [6.45, 7) is 1.75. The zero-order valence-corrected chi connectivity index (χ0v) is 9.71. The number of esters is 1. The highest BCUT2D eigenvalue weighted by Crippen LogP contribution is 2.35. The molecule has 1 N–H and O–H groups in total. The van der Waals surface area contributed by atoms with Crippen molar-refractivity contribution in [3.63, 3.8) is 0 Å². The summed E-state index contributed by atoms with van der Waals surface area (Å²) in [5, 5.41) is 9.01. The molecule has 2 unspecified atom stereocenters. The van der Waals surface area contributed by atoms with Gasteiger partial charge in [-0.2, -0.15) is 0 Å². The largest absolute Gasteiger partial charge is 0.464 e. The summed E-state index contributed by atoms with van der Waals surface area (Å²) < 4.78 is 27.5. The lowest BCUT2D eigenvalue weighted by Crippen LogP contribution is -2.49. The Morgan fingerprint density at radius 1 is 1.60 bits per heavy atom. The Hall–Kier alpha value is -0.620. The van der Waals surface area contributed by atoms with E-state index in [0.717, 1.165) is 6.26 Å². The fourth-order valence-electron chi connectivity index (χ4n) is 2.01. The van der Waals surface area contributed by atoms with Crippen molar-refractivity contribution >= 4 is 15.8 Å². The molecule has 0 amide bonds. The Labute approximate surface area is 89.3 Å². The molecule has 0 radical (unpaired) electrons. The summed E-state index contributed by atoms with van der Waals surface area (Å²) >= 11 is 0. The predicted molar refractivity (Wildman–Crippen MR) is 54.1 cm³/mol. The Kier molecular flexibility index (Phi) is 3.40. The number of carbonyl (C=O) groups excluding carboxylic acids is 1. The minimum Gasteiger partial charge on any atom is -0.464 e. The molecule has 0 bridgehead atoms. The first-order valence-electron chi connectivity index (χ1n) is 4.91. The molecule has 2 atom stereocenters. The molecule has 5 nitrogen and oxygen atoms in total. The first-order valence-corrected chi connectivity index (χ1v) is 6.86. The quantitative estimate of drug-likeness (QED) is 0.691. The van der Waals surface area contributed by atoms with E-state index in [9.17, 15) is 18.3 Å². The van der Waals surface area contributed by atoms with Gasteiger partial charge in [0.2, 0.25) is 0 Å². The van der Waals surface area contributed by atoms with Crippen molar-refractivity contribution < 1.29 is 23.1 Å². The van der Waals surface area contributed by atoms with E-state index in [1.54, 1.807) is 6.92 Å². The Bertz CT molecular complexity index is 348.